The summed E-state index contributed by atoms with van der Waals surface area (Å²) in [6.07, 6.45) is 0. The Labute approximate surface area is 98.8 Å². The third kappa shape index (κ3) is 7.42. The van der Waals surface area contributed by atoms with Gasteiger partial charge in [0, 0.05) is 0 Å². The molecule has 0 aromatic heterocycles. The number of rotatable bonds is 2. The van der Waals surface area contributed by atoms with E-state index in [9.17, 15) is 0 Å². The lowest BCUT2D eigenvalue weighted by molar-refractivity contribution is 0.329. The molecule has 0 radical (unpaired) electrons. The lowest BCUT2D eigenvalue weighted by atomic mass is 10.8. The van der Waals surface area contributed by atoms with E-state index in [1.165, 1.54) is 0 Å². The molecule has 0 saturated heterocycles. The van der Waals surface area contributed by atoms with Crippen LogP contribution in [0.5, 0.6) is 0 Å². The summed E-state index contributed by atoms with van der Waals surface area (Å²) in [5.41, 5.74) is -1.24. The van der Waals surface area contributed by atoms with Gasteiger partial charge in [0.05, 0.1) is 0 Å². The zero-order valence-corrected chi connectivity index (χ0v) is 10.9. The second-order valence-electron chi connectivity index (χ2n) is 1.38. The predicted molar refractivity (Wildman–Crippen MR) is 57.0 cm³/mol. The molecule has 1 unspecified atom stereocenters. The van der Waals surface area contributed by atoms with Gasteiger partial charge in [0.1, 0.15) is 0 Å². The second-order valence-corrected chi connectivity index (χ2v) is 11.3. The molecular weight excluding hydrogens is 316 g/mol. The van der Waals surface area contributed by atoms with Crippen molar-refractivity contribution in [3.8, 4) is 0 Å². The maximum absolute atomic E-state index is 5.42. The van der Waals surface area contributed by atoms with Crippen LogP contribution in [0.15, 0.2) is 0 Å². The molecule has 9 heteroatoms. The second kappa shape index (κ2) is 4.72. The Balaban J connectivity index is 4.10. The van der Waals surface area contributed by atoms with Crippen molar-refractivity contribution in [2.75, 3.05) is 0 Å². The lowest BCUT2D eigenvalue weighted by Crippen LogP contribution is -2.20. The molecule has 1 nitrogen and oxygen atoms in total. The molecule has 0 fully saturated rings. The van der Waals surface area contributed by atoms with E-state index in [0.717, 1.165) is 0 Å². The van der Waals surface area contributed by atoms with E-state index >= 15 is 0 Å². The number of halogens is 6. The maximum atomic E-state index is 5.42. The van der Waals surface area contributed by atoms with E-state index in [1.807, 2.05) is 0 Å². The summed E-state index contributed by atoms with van der Waals surface area (Å²) in [6.45, 7) is 0. The Kier molecular flexibility index (Phi) is 5.73. The molecule has 0 aliphatic rings. The molecule has 0 N–H and O–H groups in total. The zero-order valence-electron chi connectivity index (χ0n) is 4.61. The predicted octanol–water partition coefficient (Wildman–Crippen LogP) is 4.64. The minimum Gasteiger partial charge on any atom is -0.303 e. The number of hydrogen-bond donors (Lipinski definition) is 0. The monoisotopic (exact) mass is 314 g/mol. The van der Waals surface area contributed by atoms with Crippen LogP contribution in [0.1, 0.15) is 0 Å². The SMILES string of the molecule is S=P(Cl)(Cl)OC(Cl)C(Cl)(Cl)Cl. The third-order valence-electron chi connectivity index (χ3n) is 0.473. The van der Waals surface area contributed by atoms with Gasteiger partial charge in [0.25, 0.3) is 0 Å². The van der Waals surface area contributed by atoms with E-state index in [0.29, 0.717) is 0 Å². The summed E-state index contributed by atoms with van der Waals surface area (Å²) in [5, 5.41) is 0. The fourth-order valence-electron chi connectivity index (χ4n) is 0.168. The Morgan fingerprint density at radius 1 is 1.27 bits per heavy atom. The largest absolute Gasteiger partial charge is 0.303 e. The summed E-state index contributed by atoms with van der Waals surface area (Å²) in [4.78, 5) is -2.93. The molecule has 0 bridgehead atoms. The molecule has 0 spiro atoms. The molecule has 0 aromatic rings. The van der Waals surface area contributed by atoms with Crippen molar-refractivity contribution in [1.82, 2.24) is 0 Å². The quantitative estimate of drug-likeness (QED) is 0.542. The summed E-state index contributed by atoms with van der Waals surface area (Å²) < 4.78 is 2.85. The highest BCUT2D eigenvalue weighted by molar-refractivity contribution is 8.36. The van der Waals surface area contributed by atoms with Gasteiger partial charge in [-0.25, -0.2) is 0 Å². The summed E-state index contributed by atoms with van der Waals surface area (Å²) >= 11 is 36.5. The summed E-state index contributed by atoms with van der Waals surface area (Å²) in [7, 11) is 0. The van der Waals surface area contributed by atoms with Gasteiger partial charge in [0.2, 0.25) is 8.76 Å². The average Bonchev–Trinajstić information content (AvgIpc) is 1.56. The van der Waals surface area contributed by atoms with Gasteiger partial charge in [-0.2, -0.15) is 0 Å². The topological polar surface area (TPSA) is 9.23 Å². The van der Waals surface area contributed by atoms with Crippen LogP contribution in [0.3, 0.4) is 0 Å². The van der Waals surface area contributed by atoms with Gasteiger partial charge >= 0.3 is 0 Å². The number of alkyl halides is 4. The van der Waals surface area contributed by atoms with Crippen LogP contribution in [-0.2, 0) is 16.3 Å². The molecule has 0 heterocycles. The van der Waals surface area contributed by atoms with Gasteiger partial charge in [0.15, 0.2) is 5.56 Å². The van der Waals surface area contributed by atoms with Crippen molar-refractivity contribution in [3.63, 3.8) is 0 Å². The van der Waals surface area contributed by atoms with Gasteiger partial charge in [-0.15, -0.1) is 0 Å². The Bertz CT molecular complexity index is 172. The van der Waals surface area contributed by atoms with Crippen LogP contribution >= 0.6 is 73.9 Å². The molecule has 0 aromatic carbocycles. The standard InChI is InChI=1S/C2HCl6OPS/c3-1(2(4,5)6)9-10(7,8)11/h1H. The van der Waals surface area contributed by atoms with E-state index in [-0.39, 0.29) is 0 Å². The first-order valence-electron chi connectivity index (χ1n) is 2.01. The molecule has 1 atom stereocenters. The molecule has 0 rings (SSSR count). The van der Waals surface area contributed by atoms with Crippen molar-refractivity contribution in [2.45, 2.75) is 9.36 Å². The zero-order chi connectivity index (χ0) is 9.28. The highest BCUT2D eigenvalue weighted by atomic mass is 35.9. The highest BCUT2D eigenvalue weighted by Crippen LogP contribution is 2.61. The van der Waals surface area contributed by atoms with Crippen molar-refractivity contribution >= 4 is 85.7 Å². The normalized spacial score (nSPS) is 16.5. The first kappa shape index (κ1) is 13.4. The first-order valence-corrected chi connectivity index (χ1v) is 8.11. The number of hydrogen-bond acceptors (Lipinski definition) is 2. The summed E-state index contributed by atoms with van der Waals surface area (Å²) in [6, 6.07) is 0. The van der Waals surface area contributed by atoms with E-state index < -0.39 is 14.3 Å². The average molecular weight is 317 g/mol. The van der Waals surface area contributed by atoms with Crippen molar-refractivity contribution in [2.24, 2.45) is 0 Å². The Morgan fingerprint density at radius 2 is 1.64 bits per heavy atom. The molecule has 11 heavy (non-hydrogen) atoms. The fraction of sp³-hybridized carbons (Fsp3) is 1.00. The third-order valence-corrected chi connectivity index (χ3v) is 3.14. The van der Waals surface area contributed by atoms with Crippen molar-refractivity contribution in [3.05, 3.63) is 0 Å². The lowest BCUT2D eigenvalue weighted by Gasteiger charge is -2.19. The van der Waals surface area contributed by atoms with Crippen LogP contribution in [0.2, 0.25) is 0 Å². The van der Waals surface area contributed by atoms with Gasteiger partial charge < -0.3 is 4.52 Å². The fourth-order valence-corrected chi connectivity index (χ4v) is 2.34. The molecule has 0 saturated carbocycles. The van der Waals surface area contributed by atoms with Gasteiger partial charge in [-0.1, -0.05) is 46.4 Å². The van der Waals surface area contributed by atoms with Crippen LogP contribution in [0, 0.1) is 0 Å². The molecule has 0 amide bonds. The van der Waals surface area contributed by atoms with Gasteiger partial charge in [-0.3, -0.25) is 0 Å². The molecule has 0 aliphatic heterocycles. The van der Waals surface area contributed by atoms with E-state index in [4.69, 9.17) is 68.9 Å². The van der Waals surface area contributed by atoms with Crippen molar-refractivity contribution in [1.29, 1.82) is 0 Å². The molecule has 0 aliphatic carbocycles. The summed E-state index contributed by atoms with van der Waals surface area (Å²) in [5.74, 6) is 0. The van der Waals surface area contributed by atoms with Crippen LogP contribution in [0.25, 0.3) is 0 Å². The van der Waals surface area contributed by atoms with Crippen LogP contribution < -0.4 is 0 Å². The van der Waals surface area contributed by atoms with Crippen molar-refractivity contribution < 1.29 is 4.52 Å². The minimum atomic E-state index is -2.93. The Hall–Kier alpha value is 2.35. The van der Waals surface area contributed by atoms with Gasteiger partial charge in [-0.05, 0) is 34.3 Å². The molecular formula is C2HCl6OPS. The first-order chi connectivity index (χ1) is 4.63. The maximum Gasteiger partial charge on any atom is 0.242 e. The molecule has 68 valence electrons. The smallest absolute Gasteiger partial charge is 0.242 e. The van der Waals surface area contributed by atoms with Crippen LogP contribution in [-0.4, -0.2) is 9.36 Å². The van der Waals surface area contributed by atoms with E-state index in [1.54, 1.807) is 0 Å². The Morgan fingerprint density at radius 3 is 1.73 bits per heavy atom. The minimum absolute atomic E-state index is 1.24. The van der Waals surface area contributed by atoms with Crippen LogP contribution in [0.4, 0.5) is 0 Å². The highest BCUT2D eigenvalue weighted by Gasteiger charge is 2.34. The van der Waals surface area contributed by atoms with E-state index in [2.05, 4.69) is 16.3 Å².